The van der Waals surface area contributed by atoms with Crippen molar-refractivity contribution in [3.05, 3.63) is 18.5 Å². The molecule has 1 aliphatic rings. The van der Waals surface area contributed by atoms with Crippen LogP contribution in [0.1, 0.15) is 33.1 Å². The molecule has 1 fully saturated rings. The quantitative estimate of drug-likeness (QED) is 0.835. The van der Waals surface area contributed by atoms with E-state index in [-0.39, 0.29) is 6.03 Å². The van der Waals surface area contributed by atoms with Crippen LogP contribution < -0.4 is 5.32 Å². The lowest BCUT2D eigenvalue weighted by molar-refractivity contribution is 0.184. The van der Waals surface area contributed by atoms with Gasteiger partial charge in [-0.15, -0.1) is 0 Å². The molecule has 0 spiro atoms. The first-order valence-electron chi connectivity index (χ1n) is 8.30. The van der Waals surface area contributed by atoms with Crippen molar-refractivity contribution in [2.24, 2.45) is 0 Å². The zero-order chi connectivity index (χ0) is 15.9. The van der Waals surface area contributed by atoms with Gasteiger partial charge in [-0.25, -0.2) is 4.79 Å². The number of nitrogens with one attached hydrogen (secondary N) is 1. The molecular weight excluding hydrogens is 278 g/mol. The SMILES string of the molecule is CC(C)N1CCCC1CNC(=O)N(C)CCCn1cccn1. The van der Waals surface area contributed by atoms with Crippen molar-refractivity contribution < 1.29 is 4.79 Å². The highest BCUT2D eigenvalue weighted by molar-refractivity contribution is 5.73. The summed E-state index contributed by atoms with van der Waals surface area (Å²) < 4.78 is 1.89. The van der Waals surface area contributed by atoms with Gasteiger partial charge in [-0.2, -0.15) is 5.10 Å². The molecule has 22 heavy (non-hydrogen) atoms. The summed E-state index contributed by atoms with van der Waals surface area (Å²) in [5.74, 6) is 0. The highest BCUT2D eigenvalue weighted by Gasteiger charge is 2.26. The van der Waals surface area contributed by atoms with Crippen molar-refractivity contribution in [3.63, 3.8) is 0 Å². The maximum absolute atomic E-state index is 12.1. The van der Waals surface area contributed by atoms with Crippen molar-refractivity contribution in [2.75, 3.05) is 26.7 Å². The number of aryl methyl sites for hydroxylation is 1. The summed E-state index contributed by atoms with van der Waals surface area (Å²) in [5.41, 5.74) is 0. The zero-order valence-corrected chi connectivity index (χ0v) is 14.0. The van der Waals surface area contributed by atoms with Crippen molar-refractivity contribution in [2.45, 2.75) is 51.7 Å². The van der Waals surface area contributed by atoms with E-state index in [1.54, 1.807) is 11.1 Å². The molecule has 1 saturated heterocycles. The van der Waals surface area contributed by atoms with Crippen LogP contribution in [0.5, 0.6) is 0 Å². The molecule has 1 unspecified atom stereocenters. The van der Waals surface area contributed by atoms with Crippen LogP contribution in [0, 0.1) is 0 Å². The van der Waals surface area contributed by atoms with E-state index in [0.29, 0.717) is 12.1 Å². The van der Waals surface area contributed by atoms with E-state index >= 15 is 0 Å². The van der Waals surface area contributed by atoms with Crippen LogP contribution in [-0.4, -0.2) is 64.4 Å². The van der Waals surface area contributed by atoms with E-state index in [4.69, 9.17) is 0 Å². The van der Waals surface area contributed by atoms with E-state index in [0.717, 1.165) is 32.6 Å². The van der Waals surface area contributed by atoms with Crippen LogP contribution in [0.2, 0.25) is 0 Å². The lowest BCUT2D eigenvalue weighted by atomic mass is 10.2. The zero-order valence-electron chi connectivity index (χ0n) is 14.0. The number of urea groups is 1. The Hall–Kier alpha value is -1.56. The summed E-state index contributed by atoms with van der Waals surface area (Å²) in [6.07, 6.45) is 7.05. The minimum Gasteiger partial charge on any atom is -0.336 e. The molecule has 2 heterocycles. The molecule has 1 aromatic rings. The smallest absolute Gasteiger partial charge is 0.317 e. The number of rotatable bonds is 7. The Morgan fingerprint density at radius 3 is 3.00 bits per heavy atom. The maximum Gasteiger partial charge on any atom is 0.317 e. The Bertz CT molecular complexity index is 445. The standard InChI is InChI=1S/C16H29N5O/c1-14(2)21-12-4-7-15(21)13-17-16(22)19(3)9-6-11-20-10-5-8-18-20/h5,8,10,14-15H,4,6-7,9,11-13H2,1-3H3,(H,17,22). The summed E-state index contributed by atoms with van der Waals surface area (Å²) in [6, 6.07) is 2.98. The summed E-state index contributed by atoms with van der Waals surface area (Å²) in [4.78, 5) is 16.4. The molecule has 124 valence electrons. The number of aromatic nitrogens is 2. The fraction of sp³-hybridized carbons (Fsp3) is 0.750. The number of nitrogens with zero attached hydrogens (tertiary/aromatic N) is 4. The molecular formula is C16H29N5O. The summed E-state index contributed by atoms with van der Waals surface area (Å²) >= 11 is 0. The van der Waals surface area contributed by atoms with Gasteiger partial charge >= 0.3 is 6.03 Å². The van der Waals surface area contributed by atoms with Gasteiger partial charge in [0.1, 0.15) is 0 Å². The Labute approximate surface area is 133 Å². The van der Waals surface area contributed by atoms with Crippen molar-refractivity contribution >= 4 is 6.03 Å². The number of amides is 2. The predicted molar refractivity (Wildman–Crippen MR) is 87.7 cm³/mol. The van der Waals surface area contributed by atoms with Gasteiger partial charge in [0.15, 0.2) is 0 Å². The number of hydrogen-bond acceptors (Lipinski definition) is 3. The van der Waals surface area contributed by atoms with Crippen molar-refractivity contribution in [1.29, 1.82) is 0 Å². The molecule has 1 atom stereocenters. The van der Waals surface area contributed by atoms with E-state index in [1.807, 2.05) is 24.0 Å². The summed E-state index contributed by atoms with van der Waals surface area (Å²) in [6.45, 7) is 7.93. The second kappa shape index (κ2) is 8.17. The average Bonchev–Trinajstić information content (AvgIpc) is 3.15. The van der Waals surface area contributed by atoms with Gasteiger partial charge in [0.25, 0.3) is 0 Å². The predicted octanol–water partition coefficient (Wildman–Crippen LogP) is 1.79. The number of carbonyl (C=O) groups is 1. The fourth-order valence-electron chi connectivity index (χ4n) is 3.10. The third kappa shape index (κ3) is 4.73. The second-order valence-electron chi connectivity index (χ2n) is 6.36. The van der Waals surface area contributed by atoms with Gasteiger partial charge in [-0.1, -0.05) is 0 Å². The summed E-state index contributed by atoms with van der Waals surface area (Å²) in [7, 11) is 1.85. The van der Waals surface area contributed by atoms with E-state index in [1.165, 1.54) is 12.8 Å². The molecule has 1 aromatic heterocycles. The van der Waals surface area contributed by atoms with E-state index in [9.17, 15) is 4.79 Å². The van der Waals surface area contributed by atoms with Gasteiger partial charge in [0.2, 0.25) is 0 Å². The van der Waals surface area contributed by atoms with E-state index < -0.39 is 0 Å². The normalized spacial score (nSPS) is 18.8. The maximum atomic E-state index is 12.1. The lowest BCUT2D eigenvalue weighted by Gasteiger charge is -2.29. The van der Waals surface area contributed by atoms with Gasteiger partial charge in [-0.05, 0) is 45.7 Å². The monoisotopic (exact) mass is 307 g/mol. The van der Waals surface area contributed by atoms with Gasteiger partial charge in [0.05, 0.1) is 0 Å². The molecule has 0 aliphatic carbocycles. The lowest BCUT2D eigenvalue weighted by Crippen LogP contribution is -2.46. The van der Waals surface area contributed by atoms with Crippen LogP contribution >= 0.6 is 0 Å². The average molecular weight is 307 g/mol. The number of likely N-dealkylation sites (tertiary alicyclic amines) is 1. The van der Waals surface area contributed by atoms with Crippen LogP contribution in [0.15, 0.2) is 18.5 Å². The minimum atomic E-state index is 0.0241. The van der Waals surface area contributed by atoms with Crippen molar-refractivity contribution in [1.82, 2.24) is 24.9 Å². The van der Waals surface area contributed by atoms with Crippen LogP contribution in [0.25, 0.3) is 0 Å². The molecule has 0 aromatic carbocycles. The highest BCUT2D eigenvalue weighted by Crippen LogP contribution is 2.19. The molecule has 1 aliphatic heterocycles. The molecule has 0 saturated carbocycles. The molecule has 6 heteroatoms. The second-order valence-corrected chi connectivity index (χ2v) is 6.36. The Morgan fingerprint density at radius 1 is 1.50 bits per heavy atom. The first kappa shape index (κ1) is 16.8. The fourth-order valence-corrected chi connectivity index (χ4v) is 3.10. The third-order valence-electron chi connectivity index (χ3n) is 4.36. The van der Waals surface area contributed by atoms with Crippen LogP contribution in [0.4, 0.5) is 4.79 Å². The van der Waals surface area contributed by atoms with Gasteiger partial charge < -0.3 is 10.2 Å². The van der Waals surface area contributed by atoms with Crippen LogP contribution in [0.3, 0.4) is 0 Å². The largest absolute Gasteiger partial charge is 0.336 e. The number of carbonyl (C=O) groups excluding carboxylic acids is 1. The molecule has 6 nitrogen and oxygen atoms in total. The Balaban J connectivity index is 1.65. The minimum absolute atomic E-state index is 0.0241. The molecule has 2 rings (SSSR count). The van der Waals surface area contributed by atoms with Crippen molar-refractivity contribution in [3.8, 4) is 0 Å². The first-order chi connectivity index (χ1) is 10.6. The third-order valence-corrected chi connectivity index (χ3v) is 4.36. The topological polar surface area (TPSA) is 53.4 Å². The van der Waals surface area contributed by atoms with Gasteiger partial charge in [-0.3, -0.25) is 9.58 Å². The van der Waals surface area contributed by atoms with E-state index in [2.05, 4.69) is 29.2 Å². The van der Waals surface area contributed by atoms with Crippen LogP contribution in [-0.2, 0) is 6.54 Å². The Morgan fingerprint density at radius 2 is 2.32 bits per heavy atom. The highest BCUT2D eigenvalue weighted by atomic mass is 16.2. The molecule has 0 radical (unpaired) electrons. The molecule has 2 amide bonds. The molecule has 1 N–H and O–H groups in total. The molecule has 0 bridgehead atoms. The van der Waals surface area contributed by atoms with Gasteiger partial charge in [0, 0.05) is 51.2 Å². The Kier molecular flexibility index (Phi) is 6.24. The number of hydrogen-bond donors (Lipinski definition) is 1. The first-order valence-corrected chi connectivity index (χ1v) is 8.30. The summed E-state index contributed by atoms with van der Waals surface area (Å²) in [5, 5.41) is 7.24.